The first kappa shape index (κ1) is 22.6. The van der Waals surface area contributed by atoms with Crippen LogP contribution in [0.3, 0.4) is 0 Å². The molecule has 30 heavy (non-hydrogen) atoms. The molecule has 2 fully saturated rings. The second-order valence-electron chi connectivity index (χ2n) is 9.35. The average molecular weight is 408 g/mol. The Labute approximate surface area is 182 Å². The van der Waals surface area contributed by atoms with E-state index in [2.05, 4.69) is 25.1 Å². The van der Waals surface area contributed by atoms with Crippen LogP contribution in [0.1, 0.15) is 89.5 Å². The van der Waals surface area contributed by atoms with Gasteiger partial charge in [0.25, 0.3) is 0 Å². The minimum atomic E-state index is -0.124. The summed E-state index contributed by atoms with van der Waals surface area (Å²) in [4.78, 5) is 12.4. The Morgan fingerprint density at radius 2 is 1.63 bits per heavy atom. The summed E-state index contributed by atoms with van der Waals surface area (Å²) in [6, 6.07) is 8.83. The number of hydrogen-bond donors (Lipinski definition) is 0. The third-order valence-corrected chi connectivity index (χ3v) is 7.12. The highest BCUT2D eigenvalue weighted by Crippen LogP contribution is 2.34. The van der Waals surface area contributed by atoms with Gasteiger partial charge in [-0.05, 0) is 80.5 Å². The maximum absolute atomic E-state index is 12.4. The molecule has 0 aliphatic heterocycles. The number of allylic oxidation sites excluding steroid dienone is 2. The van der Waals surface area contributed by atoms with Gasteiger partial charge in [0.2, 0.25) is 0 Å². The summed E-state index contributed by atoms with van der Waals surface area (Å²) in [6.45, 7) is 2.31. The Hall–Kier alpha value is -2.08. The predicted molar refractivity (Wildman–Crippen MR) is 121 cm³/mol. The van der Waals surface area contributed by atoms with Crippen LogP contribution in [-0.4, -0.2) is 5.97 Å². The van der Waals surface area contributed by atoms with E-state index in [1.165, 1.54) is 51.4 Å². The fourth-order valence-electron chi connectivity index (χ4n) is 5.18. The minimum absolute atomic E-state index is 0.00333. The summed E-state index contributed by atoms with van der Waals surface area (Å²) < 4.78 is 5.51. The van der Waals surface area contributed by atoms with Gasteiger partial charge in [0, 0.05) is 0 Å². The number of esters is 1. The van der Waals surface area contributed by atoms with Gasteiger partial charge in [0.05, 0.1) is 17.6 Å². The van der Waals surface area contributed by atoms with E-state index in [9.17, 15) is 4.79 Å². The first-order valence-corrected chi connectivity index (χ1v) is 12.1. The zero-order valence-corrected chi connectivity index (χ0v) is 18.5. The first-order chi connectivity index (χ1) is 14.7. The van der Waals surface area contributed by atoms with Crippen molar-refractivity contribution in [1.82, 2.24) is 0 Å². The molecule has 0 saturated heterocycles. The lowest BCUT2D eigenvalue weighted by Gasteiger charge is -2.28. The number of benzene rings is 1. The van der Waals surface area contributed by atoms with Crippen molar-refractivity contribution in [2.24, 2.45) is 23.7 Å². The van der Waals surface area contributed by atoms with Crippen molar-refractivity contribution < 1.29 is 9.53 Å². The summed E-state index contributed by atoms with van der Waals surface area (Å²) in [6.07, 6.45) is 19.9. The van der Waals surface area contributed by atoms with Crippen LogP contribution in [0.2, 0.25) is 0 Å². The van der Waals surface area contributed by atoms with E-state index in [0.29, 0.717) is 17.2 Å². The molecule has 0 radical (unpaired) electrons. The Kier molecular flexibility index (Phi) is 9.00. The van der Waals surface area contributed by atoms with Crippen molar-refractivity contribution in [3.05, 3.63) is 42.0 Å². The molecule has 1 aromatic carbocycles. The third-order valence-electron chi connectivity index (χ3n) is 7.12. The van der Waals surface area contributed by atoms with Crippen molar-refractivity contribution in [1.29, 1.82) is 5.26 Å². The maximum atomic E-state index is 12.4. The van der Waals surface area contributed by atoms with Crippen molar-refractivity contribution in [3.8, 4) is 11.8 Å². The van der Waals surface area contributed by atoms with Crippen molar-refractivity contribution in [2.45, 2.75) is 84.0 Å². The van der Waals surface area contributed by atoms with Crippen molar-refractivity contribution >= 4 is 5.97 Å². The number of nitriles is 1. The van der Waals surface area contributed by atoms with Crippen molar-refractivity contribution in [2.75, 3.05) is 0 Å². The smallest absolute Gasteiger partial charge is 0.314 e. The van der Waals surface area contributed by atoms with Gasteiger partial charge in [-0.15, -0.1) is 0 Å². The monoisotopic (exact) mass is 407 g/mol. The lowest BCUT2D eigenvalue weighted by Crippen LogP contribution is -2.25. The summed E-state index contributed by atoms with van der Waals surface area (Å²) in [5.41, 5.74) is 0.575. The molecule has 1 aromatic rings. The molecule has 0 amide bonds. The molecule has 2 saturated carbocycles. The van der Waals surface area contributed by atoms with Crippen LogP contribution in [0.4, 0.5) is 0 Å². The topological polar surface area (TPSA) is 50.1 Å². The second-order valence-corrected chi connectivity index (χ2v) is 9.35. The molecule has 0 N–H and O–H groups in total. The van der Waals surface area contributed by atoms with Crippen LogP contribution in [-0.2, 0) is 4.79 Å². The number of ether oxygens (including phenoxy) is 1. The van der Waals surface area contributed by atoms with Crippen LogP contribution < -0.4 is 4.74 Å². The van der Waals surface area contributed by atoms with Crippen LogP contribution in [0.5, 0.6) is 5.75 Å². The maximum Gasteiger partial charge on any atom is 0.314 e. The number of carbonyl (C=O) groups is 1. The van der Waals surface area contributed by atoms with Gasteiger partial charge in [-0.2, -0.15) is 5.26 Å². The molecule has 0 atom stereocenters. The molecule has 3 rings (SSSR count). The predicted octanol–water partition coefficient (Wildman–Crippen LogP) is 7.21. The third kappa shape index (κ3) is 7.01. The van der Waals surface area contributed by atoms with E-state index in [0.717, 1.165) is 37.5 Å². The van der Waals surface area contributed by atoms with Gasteiger partial charge in [0.15, 0.2) is 0 Å². The highest BCUT2D eigenvalue weighted by Gasteiger charge is 2.27. The average Bonchev–Trinajstić information content (AvgIpc) is 2.79. The Bertz CT molecular complexity index is 714. The van der Waals surface area contributed by atoms with E-state index in [-0.39, 0.29) is 11.9 Å². The first-order valence-electron chi connectivity index (χ1n) is 12.1. The molecule has 3 nitrogen and oxygen atoms in total. The number of rotatable bonds is 8. The molecule has 0 unspecified atom stereocenters. The molecule has 162 valence electrons. The lowest BCUT2D eigenvalue weighted by atomic mass is 9.78. The Morgan fingerprint density at radius 1 is 1.00 bits per heavy atom. The molecule has 0 spiro atoms. The Morgan fingerprint density at radius 3 is 2.23 bits per heavy atom. The highest BCUT2D eigenvalue weighted by atomic mass is 16.5. The highest BCUT2D eigenvalue weighted by molar-refractivity contribution is 5.75. The number of hydrogen-bond acceptors (Lipinski definition) is 3. The lowest BCUT2D eigenvalue weighted by molar-refractivity contribution is -0.140. The molecule has 0 bridgehead atoms. The molecule has 0 heterocycles. The number of nitrogens with zero attached hydrogens (tertiary/aromatic N) is 1. The SMILES string of the molecule is CCCC1CCC(CC/C=C/C2CCC(C(=O)Oc3ccc(C#N)cc3)CC2)CC1. The van der Waals surface area contributed by atoms with Crippen LogP contribution in [0.25, 0.3) is 0 Å². The molecule has 2 aliphatic rings. The summed E-state index contributed by atoms with van der Waals surface area (Å²) in [5, 5.41) is 8.85. The summed E-state index contributed by atoms with van der Waals surface area (Å²) in [5.74, 6) is 2.97. The van der Waals surface area contributed by atoms with Gasteiger partial charge >= 0.3 is 5.97 Å². The fourth-order valence-corrected chi connectivity index (χ4v) is 5.18. The zero-order chi connectivity index (χ0) is 21.2. The van der Waals surface area contributed by atoms with E-state index < -0.39 is 0 Å². The quantitative estimate of drug-likeness (QED) is 0.260. The summed E-state index contributed by atoms with van der Waals surface area (Å²) >= 11 is 0. The number of carbonyl (C=O) groups excluding carboxylic acids is 1. The van der Waals surface area contributed by atoms with E-state index in [1.54, 1.807) is 24.3 Å². The Balaban J connectivity index is 1.31. The normalized spacial score (nSPS) is 26.9. The van der Waals surface area contributed by atoms with Gasteiger partial charge in [-0.25, -0.2) is 0 Å². The van der Waals surface area contributed by atoms with Crippen LogP contribution in [0, 0.1) is 35.0 Å². The van der Waals surface area contributed by atoms with Gasteiger partial charge in [-0.1, -0.05) is 57.6 Å². The zero-order valence-electron chi connectivity index (χ0n) is 18.5. The molecule has 0 aromatic heterocycles. The minimum Gasteiger partial charge on any atom is -0.426 e. The van der Waals surface area contributed by atoms with Crippen molar-refractivity contribution in [3.63, 3.8) is 0 Å². The van der Waals surface area contributed by atoms with E-state index in [4.69, 9.17) is 10.00 Å². The second kappa shape index (κ2) is 11.9. The molecule has 3 heteroatoms. The van der Waals surface area contributed by atoms with Gasteiger partial charge in [0.1, 0.15) is 5.75 Å². The van der Waals surface area contributed by atoms with Crippen LogP contribution in [0.15, 0.2) is 36.4 Å². The standard InChI is InChI=1S/C27H37NO2/c1-2-5-21-8-10-22(11-9-21)6-3-4-7-23-12-16-25(17-13-23)27(29)30-26-18-14-24(20-28)15-19-26/h4,7,14-15,18-19,21-23,25H,2-3,5-6,8-13,16-17H2,1H3/b7-4+. The van der Waals surface area contributed by atoms with Crippen LogP contribution >= 0.6 is 0 Å². The largest absolute Gasteiger partial charge is 0.426 e. The van der Waals surface area contributed by atoms with E-state index in [1.807, 2.05) is 0 Å². The molecule has 2 aliphatic carbocycles. The fraction of sp³-hybridized carbons (Fsp3) is 0.630. The molecular weight excluding hydrogens is 370 g/mol. The van der Waals surface area contributed by atoms with Gasteiger partial charge in [-0.3, -0.25) is 4.79 Å². The summed E-state index contributed by atoms with van der Waals surface area (Å²) in [7, 11) is 0. The molecular formula is C27H37NO2. The van der Waals surface area contributed by atoms with E-state index >= 15 is 0 Å². The van der Waals surface area contributed by atoms with Gasteiger partial charge < -0.3 is 4.74 Å².